The summed E-state index contributed by atoms with van der Waals surface area (Å²) in [6, 6.07) is 0. The second-order valence-corrected chi connectivity index (χ2v) is 4.93. The zero-order chi connectivity index (χ0) is 13.0. The number of hydrogen-bond donors (Lipinski definition) is 0. The van der Waals surface area contributed by atoms with E-state index in [9.17, 15) is 4.79 Å². The van der Waals surface area contributed by atoms with Crippen LogP contribution in [0.25, 0.3) is 0 Å². The van der Waals surface area contributed by atoms with Gasteiger partial charge in [0.05, 0.1) is 5.92 Å². The Hall–Kier alpha value is -0.870. The Morgan fingerprint density at radius 1 is 1.28 bits per heavy atom. The molecule has 2 aliphatic carbocycles. The summed E-state index contributed by atoms with van der Waals surface area (Å²) in [4.78, 5) is 11.9. The molecule has 0 aromatic heterocycles. The second-order valence-electron chi connectivity index (χ2n) is 4.93. The molecule has 1 fully saturated rings. The monoisotopic (exact) mass is 254 g/mol. The van der Waals surface area contributed by atoms with Gasteiger partial charge in [0.2, 0.25) is 0 Å². The maximum absolute atomic E-state index is 11.9. The Bertz CT molecular complexity index is 313. The van der Waals surface area contributed by atoms with Gasteiger partial charge in [-0.25, -0.2) is 0 Å². The largest absolute Gasteiger partial charge is 0.438 e. The molecule has 0 saturated heterocycles. The number of ether oxygens (including phenoxy) is 3. The van der Waals surface area contributed by atoms with Crippen LogP contribution in [0.1, 0.15) is 33.1 Å². The summed E-state index contributed by atoms with van der Waals surface area (Å²) in [5.41, 5.74) is 0. The van der Waals surface area contributed by atoms with E-state index in [2.05, 4.69) is 12.2 Å². The van der Waals surface area contributed by atoms with Gasteiger partial charge >= 0.3 is 5.97 Å². The van der Waals surface area contributed by atoms with Crippen LogP contribution in [0.15, 0.2) is 12.2 Å². The number of esters is 1. The molecule has 0 aromatic rings. The maximum Gasteiger partial charge on any atom is 0.311 e. The Labute approximate surface area is 108 Å². The van der Waals surface area contributed by atoms with E-state index in [0.29, 0.717) is 18.4 Å². The molecule has 2 aliphatic rings. The van der Waals surface area contributed by atoms with E-state index < -0.39 is 0 Å². The fourth-order valence-electron chi connectivity index (χ4n) is 2.80. The van der Waals surface area contributed by atoms with Gasteiger partial charge in [0.1, 0.15) is 0 Å². The molecule has 0 heterocycles. The molecule has 4 heteroatoms. The van der Waals surface area contributed by atoms with E-state index in [1.807, 2.05) is 13.8 Å². The molecule has 0 aromatic carbocycles. The van der Waals surface area contributed by atoms with Gasteiger partial charge in [0, 0.05) is 6.61 Å². The van der Waals surface area contributed by atoms with Crippen molar-refractivity contribution >= 4 is 5.97 Å². The summed E-state index contributed by atoms with van der Waals surface area (Å²) >= 11 is 0. The minimum Gasteiger partial charge on any atom is -0.438 e. The van der Waals surface area contributed by atoms with Gasteiger partial charge < -0.3 is 14.2 Å². The molecule has 4 unspecified atom stereocenters. The lowest BCUT2D eigenvalue weighted by atomic mass is 9.94. The van der Waals surface area contributed by atoms with Crippen LogP contribution in [0.2, 0.25) is 0 Å². The third kappa shape index (κ3) is 3.12. The van der Waals surface area contributed by atoms with E-state index in [4.69, 9.17) is 14.2 Å². The molecule has 18 heavy (non-hydrogen) atoms. The van der Waals surface area contributed by atoms with Gasteiger partial charge in [0.25, 0.3) is 0 Å². The van der Waals surface area contributed by atoms with E-state index in [0.717, 1.165) is 19.3 Å². The second kappa shape index (κ2) is 6.34. The first-order valence-electron chi connectivity index (χ1n) is 6.82. The molecule has 0 spiro atoms. The first-order chi connectivity index (χ1) is 8.74. The molecule has 102 valence electrons. The van der Waals surface area contributed by atoms with Crippen LogP contribution in [0, 0.1) is 17.8 Å². The van der Waals surface area contributed by atoms with Crippen LogP contribution >= 0.6 is 0 Å². The van der Waals surface area contributed by atoms with Crippen molar-refractivity contribution in [1.29, 1.82) is 0 Å². The normalized spacial score (nSPS) is 30.7. The van der Waals surface area contributed by atoms with E-state index in [-0.39, 0.29) is 25.0 Å². The Kier molecular flexibility index (Phi) is 4.78. The fourth-order valence-corrected chi connectivity index (χ4v) is 2.80. The average Bonchev–Trinajstić information content (AvgIpc) is 2.99. The van der Waals surface area contributed by atoms with Crippen LogP contribution in [0.4, 0.5) is 0 Å². The van der Waals surface area contributed by atoms with Crippen LogP contribution in [0.3, 0.4) is 0 Å². The summed E-state index contributed by atoms with van der Waals surface area (Å²) in [7, 11) is 0. The topological polar surface area (TPSA) is 44.8 Å². The lowest BCUT2D eigenvalue weighted by Gasteiger charge is -2.19. The minimum atomic E-state index is -0.275. The molecule has 4 atom stereocenters. The third-order valence-electron chi connectivity index (χ3n) is 3.72. The number of carbonyl (C=O) groups excluding carboxylic acids is 1. The smallest absolute Gasteiger partial charge is 0.311 e. The number of hydrogen-bond acceptors (Lipinski definition) is 4. The van der Waals surface area contributed by atoms with Crippen LogP contribution in [-0.2, 0) is 19.0 Å². The molecule has 0 aliphatic heterocycles. The quantitative estimate of drug-likeness (QED) is 0.398. The third-order valence-corrected chi connectivity index (χ3v) is 3.72. The van der Waals surface area contributed by atoms with Gasteiger partial charge in [0.15, 0.2) is 13.1 Å². The summed E-state index contributed by atoms with van der Waals surface area (Å²) in [6.45, 7) is 4.49. The first-order valence-corrected chi connectivity index (χ1v) is 6.82. The summed E-state index contributed by atoms with van der Waals surface area (Å²) < 4.78 is 15.9. The maximum atomic E-state index is 11.9. The molecule has 2 rings (SSSR count). The highest BCUT2D eigenvalue weighted by Gasteiger charge is 2.40. The lowest BCUT2D eigenvalue weighted by molar-refractivity contribution is -0.202. The number of allylic oxidation sites excluding steroid dienone is 2. The molecule has 1 saturated carbocycles. The predicted molar refractivity (Wildman–Crippen MR) is 66.6 cm³/mol. The average molecular weight is 254 g/mol. The van der Waals surface area contributed by atoms with Gasteiger partial charge in [-0.05, 0) is 38.0 Å². The SMILES string of the molecule is CCOC(CC)OCOC(=O)C1CC2C=CC1C2. The molecule has 0 amide bonds. The molecular weight excluding hydrogens is 232 g/mol. The van der Waals surface area contributed by atoms with Crippen molar-refractivity contribution in [1.82, 2.24) is 0 Å². The minimum absolute atomic E-state index is 0.00502. The Morgan fingerprint density at radius 2 is 2.11 bits per heavy atom. The predicted octanol–water partition coefficient (Wildman–Crippen LogP) is 2.49. The molecule has 0 N–H and O–H groups in total. The Morgan fingerprint density at radius 3 is 2.67 bits per heavy atom. The van der Waals surface area contributed by atoms with Crippen molar-refractivity contribution in [3.63, 3.8) is 0 Å². The van der Waals surface area contributed by atoms with Crippen molar-refractivity contribution in [2.75, 3.05) is 13.4 Å². The lowest BCUT2D eigenvalue weighted by Crippen LogP contribution is -2.25. The van der Waals surface area contributed by atoms with Gasteiger partial charge in [-0.1, -0.05) is 19.1 Å². The summed E-state index contributed by atoms with van der Waals surface area (Å²) in [5.74, 6) is 0.880. The molecule has 2 bridgehead atoms. The number of rotatable bonds is 7. The number of carbonyl (C=O) groups is 1. The van der Waals surface area contributed by atoms with Crippen LogP contribution in [-0.4, -0.2) is 25.7 Å². The molecular formula is C14H22O4. The molecule has 0 radical (unpaired) electrons. The number of fused-ring (bicyclic) bond motifs is 2. The fraction of sp³-hybridized carbons (Fsp3) is 0.786. The van der Waals surface area contributed by atoms with Crippen LogP contribution in [0.5, 0.6) is 0 Å². The highest BCUT2D eigenvalue weighted by Crippen LogP contribution is 2.43. The van der Waals surface area contributed by atoms with Gasteiger partial charge in [-0.15, -0.1) is 0 Å². The Balaban J connectivity index is 1.67. The van der Waals surface area contributed by atoms with Crippen molar-refractivity contribution in [2.24, 2.45) is 17.8 Å². The summed E-state index contributed by atoms with van der Waals surface area (Å²) in [6.07, 6.45) is 6.88. The van der Waals surface area contributed by atoms with E-state index in [1.165, 1.54) is 0 Å². The standard InChI is InChI=1S/C14H22O4/c1-3-13(16-4-2)17-9-18-14(15)12-8-10-5-6-11(12)7-10/h5-6,10-13H,3-4,7-9H2,1-2H3. The molecule has 4 nitrogen and oxygen atoms in total. The van der Waals surface area contributed by atoms with Crippen LogP contribution < -0.4 is 0 Å². The van der Waals surface area contributed by atoms with Gasteiger partial charge in [-0.2, -0.15) is 0 Å². The summed E-state index contributed by atoms with van der Waals surface area (Å²) in [5, 5.41) is 0. The van der Waals surface area contributed by atoms with Crippen molar-refractivity contribution < 1.29 is 19.0 Å². The zero-order valence-corrected chi connectivity index (χ0v) is 11.1. The highest BCUT2D eigenvalue weighted by molar-refractivity contribution is 5.74. The van der Waals surface area contributed by atoms with E-state index >= 15 is 0 Å². The van der Waals surface area contributed by atoms with Gasteiger partial charge in [-0.3, -0.25) is 4.79 Å². The van der Waals surface area contributed by atoms with Crippen molar-refractivity contribution in [3.8, 4) is 0 Å². The highest BCUT2D eigenvalue weighted by atomic mass is 16.8. The van der Waals surface area contributed by atoms with Crippen molar-refractivity contribution in [3.05, 3.63) is 12.2 Å². The zero-order valence-electron chi connectivity index (χ0n) is 11.1. The van der Waals surface area contributed by atoms with E-state index in [1.54, 1.807) is 0 Å². The van der Waals surface area contributed by atoms with Crippen molar-refractivity contribution in [2.45, 2.75) is 39.4 Å². The first kappa shape index (κ1) is 13.6.